The van der Waals surface area contributed by atoms with E-state index in [1.54, 1.807) is 10.8 Å². The van der Waals surface area contributed by atoms with Crippen molar-refractivity contribution >= 4 is 5.57 Å². The average molecular weight is 342 g/mol. The summed E-state index contributed by atoms with van der Waals surface area (Å²) in [6.07, 6.45) is 10.5. The molecule has 1 atom stereocenters. The first-order valence-corrected chi connectivity index (χ1v) is 8.53. The molecule has 1 unspecified atom stereocenters. The van der Waals surface area contributed by atoms with Crippen LogP contribution in [-0.4, -0.2) is 14.7 Å². The summed E-state index contributed by atoms with van der Waals surface area (Å²) in [6, 6.07) is 17.5. The van der Waals surface area contributed by atoms with Crippen LogP contribution in [0.3, 0.4) is 0 Å². The van der Waals surface area contributed by atoms with Crippen LogP contribution in [0.15, 0.2) is 90.0 Å². The summed E-state index contributed by atoms with van der Waals surface area (Å²) in [5.74, 6) is 0.688. The Labute approximate surface area is 151 Å². The molecule has 0 fully saturated rings. The molecule has 4 rings (SSSR count). The van der Waals surface area contributed by atoms with Crippen LogP contribution in [0.4, 0.5) is 0 Å². The van der Waals surface area contributed by atoms with Crippen LogP contribution >= 0.6 is 0 Å². The van der Waals surface area contributed by atoms with E-state index in [0.29, 0.717) is 11.7 Å². The Morgan fingerprint density at radius 3 is 2.69 bits per heavy atom. The smallest absolute Gasteiger partial charge is 0.223 e. The summed E-state index contributed by atoms with van der Waals surface area (Å²) in [7, 11) is 0. The van der Waals surface area contributed by atoms with E-state index in [9.17, 15) is 9.90 Å². The molecule has 0 amide bonds. The van der Waals surface area contributed by atoms with E-state index in [0.717, 1.165) is 17.7 Å². The van der Waals surface area contributed by atoms with Crippen molar-refractivity contribution in [3.05, 3.63) is 107 Å². The van der Waals surface area contributed by atoms with E-state index >= 15 is 0 Å². The number of hydrogen-bond donors (Lipinski definition) is 1. The molecular weight excluding hydrogens is 324 g/mol. The van der Waals surface area contributed by atoms with Crippen molar-refractivity contribution in [2.24, 2.45) is 0 Å². The van der Waals surface area contributed by atoms with Gasteiger partial charge in [0.2, 0.25) is 5.43 Å². The van der Waals surface area contributed by atoms with Crippen molar-refractivity contribution in [1.82, 2.24) is 9.55 Å². The topological polar surface area (TPSA) is 55.1 Å². The van der Waals surface area contributed by atoms with Crippen LogP contribution in [0.2, 0.25) is 0 Å². The lowest BCUT2D eigenvalue weighted by Crippen LogP contribution is -2.06. The Bertz CT molecular complexity index is 1050. The number of pyridine rings is 2. The molecule has 128 valence electrons. The van der Waals surface area contributed by atoms with Crippen molar-refractivity contribution in [1.29, 1.82) is 0 Å². The summed E-state index contributed by atoms with van der Waals surface area (Å²) in [5, 5.41) is 9.66. The van der Waals surface area contributed by atoms with Crippen LogP contribution in [-0.2, 0) is 0 Å². The van der Waals surface area contributed by atoms with Gasteiger partial charge in [0, 0.05) is 18.2 Å². The van der Waals surface area contributed by atoms with Gasteiger partial charge in [-0.1, -0.05) is 54.6 Å². The normalized spacial score (nSPS) is 16.3. The summed E-state index contributed by atoms with van der Waals surface area (Å²) in [6.45, 7) is 0. The fourth-order valence-corrected chi connectivity index (χ4v) is 3.13. The van der Waals surface area contributed by atoms with Gasteiger partial charge < -0.3 is 9.67 Å². The maximum Gasteiger partial charge on any atom is 0.223 e. The molecule has 0 radical (unpaired) electrons. The lowest BCUT2D eigenvalue weighted by molar-refractivity contribution is 0.465. The zero-order valence-electron chi connectivity index (χ0n) is 14.1. The zero-order valence-corrected chi connectivity index (χ0v) is 14.1. The Kier molecular flexibility index (Phi) is 4.23. The lowest BCUT2D eigenvalue weighted by atomic mass is 9.89. The Hall–Kier alpha value is -3.40. The number of allylic oxidation sites excluding steroid dienone is 4. The van der Waals surface area contributed by atoms with Crippen LogP contribution < -0.4 is 5.43 Å². The maximum absolute atomic E-state index is 11.4. The Balaban J connectivity index is 1.69. The number of aromatic hydroxyl groups is 1. The summed E-state index contributed by atoms with van der Waals surface area (Å²) in [5.41, 5.74) is 2.81. The number of hydrogen-bond acceptors (Lipinski definition) is 3. The third-order valence-electron chi connectivity index (χ3n) is 4.49. The predicted molar refractivity (Wildman–Crippen MR) is 102 cm³/mol. The van der Waals surface area contributed by atoms with Crippen LogP contribution in [0.5, 0.6) is 5.75 Å². The summed E-state index contributed by atoms with van der Waals surface area (Å²) in [4.78, 5) is 16.1. The second-order valence-corrected chi connectivity index (χ2v) is 6.26. The first-order chi connectivity index (χ1) is 12.7. The van der Waals surface area contributed by atoms with E-state index < -0.39 is 5.43 Å². The van der Waals surface area contributed by atoms with Crippen molar-refractivity contribution in [2.45, 2.75) is 12.3 Å². The van der Waals surface area contributed by atoms with Crippen molar-refractivity contribution in [3.63, 3.8) is 0 Å². The van der Waals surface area contributed by atoms with Crippen LogP contribution in [0.1, 0.15) is 23.6 Å². The highest BCUT2D eigenvalue weighted by atomic mass is 16.3. The van der Waals surface area contributed by atoms with Crippen molar-refractivity contribution in [2.75, 3.05) is 0 Å². The van der Waals surface area contributed by atoms with Gasteiger partial charge >= 0.3 is 0 Å². The SMILES string of the molecule is O=c1ccn(-c2cccc(C3=CC(c4ccccc4)CC=C3)n2)cc1O. The highest BCUT2D eigenvalue weighted by molar-refractivity contribution is 5.74. The number of aromatic nitrogens is 2. The van der Waals surface area contributed by atoms with Crippen LogP contribution in [0, 0.1) is 0 Å². The minimum atomic E-state index is -0.402. The second-order valence-electron chi connectivity index (χ2n) is 6.26. The van der Waals surface area contributed by atoms with Gasteiger partial charge in [0.05, 0.1) is 11.9 Å². The van der Waals surface area contributed by atoms with Gasteiger partial charge in [0.15, 0.2) is 5.75 Å². The van der Waals surface area contributed by atoms with Gasteiger partial charge in [-0.15, -0.1) is 0 Å². The first-order valence-electron chi connectivity index (χ1n) is 8.53. The zero-order chi connectivity index (χ0) is 17.9. The minimum Gasteiger partial charge on any atom is -0.503 e. The third-order valence-corrected chi connectivity index (χ3v) is 4.49. The molecule has 0 saturated carbocycles. The Morgan fingerprint density at radius 2 is 1.88 bits per heavy atom. The molecule has 4 nitrogen and oxygen atoms in total. The molecule has 1 aromatic carbocycles. The average Bonchev–Trinajstić information content (AvgIpc) is 2.71. The van der Waals surface area contributed by atoms with E-state index in [4.69, 9.17) is 4.98 Å². The highest BCUT2D eigenvalue weighted by Crippen LogP contribution is 2.30. The van der Waals surface area contributed by atoms with Gasteiger partial charge in [-0.3, -0.25) is 4.79 Å². The predicted octanol–water partition coefficient (Wildman–Crippen LogP) is 4.07. The van der Waals surface area contributed by atoms with Crippen LogP contribution in [0.25, 0.3) is 11.4 Å². The molecule has 1 N–H and O–H groups in total. The molecule has 0 spiro atoms. The Morgan fingerprint density at radius 1 is 1.04 bits per heavy atom. The summed E-state index contributed by atoms with van der Waals surface area (Å²) >= 11 is 0. The molecule has 0 aliphatic heterocycles. The molecule has 0 bridgehead atoms. The minimum absolute atomic E-state index is 0.291. The molecule has 0 saturated heterocycles. The van der Waals surface area contributed by atoms with E-state index in [1.807, 2.05) is 24.3 Å². The van der Waals surface area contributed by atoms with E-state index in [2.05, 4.69) is 42.5 Å². The standard InChI is InChI=1S/C22H18N2O2/c25-20-12-13-24(15-21(20)26)22-11-5-10-19(23-22)18-9-4-8-17(14-18)16-6-2-1-3-7-16/h1-7,9-15,17,26H,8H2. The third kappa shape index (κ3) is 3.22. The summed E-state index contributed by atoms with van der Waals surface area (Å²) < 4.78 is 1.64. The lowest BCUT2D eigenvalue weighted by Gasteiger charge is -2.17. The van der Waals surface area contributed by atoms with Gasteiger partial charge in [0.25, 0.3) is 0 Å². The van der Waals surface area contributed by atoms with Crippen molar-refractivity contribution < 1.29 is 5.11 Å². The fraction of sp³-hybridized carbons (Fsp3) is 0.0909. The van der Waals surface area contributed by atoms with E-state index in [1.165, 1.54) is 17.8 Å². The molecule has 26 heavy (non-hydrogen) atoms. The molecular formula is C22H18N2O2. The van der Waals surface area contributed by atoms with Gasteiger partial charge in [0.1, 0.15) is 5.82 Å². The van der Waals surface area contributed by atoms with E-state index in [-0.39, 0.29) is 5.75 Å². The molecule has 1 aliphatic carbocycles. The molecule has 4 heteroatoms. The van der Waals surface area contributed by atoms with Gasteiger partial charge in [-0.05, 0) is 29.7 Å². The highest BCUT2D eigenvalue weighted by Gasteiger charge is 2.13. The quantitative estimate of drug-likeness (QED) is 0.781. The number of rotatable bonds is 3. The monoisotopic (exact) mass is 342 g/mol. The van der Waals surface area contributed by atoms with Gasteiger partial charge in [-0.2, -0.15) is 0 Å². The number of nitrogens with zero attached hydrogens (tertiary/aromatic N) is 2. The number of benzene rings is 1. The van der Waals surface area contributed by atoms with Crippen molar-refractivity contribution in [3.8, 4) is 11.6 Å². The molecule has 1 aliphatic rings. The largest absolute Gasteiger partial charge is 0.503 e. The maximum atomic E-state index is 11.4. The molecule has 2 aromatic heterocycles. The molecule has 3 aromatic rings. The fourth-order valence-electron chi connectivity index (χ4n) is 3.13. The van der Waals surface area contributed by atoms with Gasteiger partial charge in [-0.25, -0.2) is 4.98 Å². The first kappa shape index (κ1) is 16.1. The molecule has 2 heterocycles. The second kappa shape index (κ2) is 6.84.